The molecule has 0 saturated heterocycles. The third-order valence-electron chi connectivity index (χ3n) is 3.52. The molecule has 1 aromatic carbocycles. The summed E-state index contributed by atoms with van der Waals surface area (Å²) in [6, 6.07) is 7.66. The van der Waals surface area contributed by atoms with Crippen LogP contribution in [0.3, 0.4) is 0 Å². The molecule has 0 spiro atoms. The SMILES string of the molecule is C=C/C=C(\C=C/N)Nc1c(C(=O)OCCN(C)C)[nH]c2ccccc12. The summed E-state index contributed by atoms with van der Waals surface area (Å²) >= 11 is 0. The lowest BCUT2D eigenvalue weighted by atomic mass is 10.2. The van der Waals surface area contributed by atoms with Crippen molar-refractivity contribution in [3.63, 3.8) is 0 Å². The number of nitrogens with one attached hydrogen (secondary N) is 2. The number of rotatable bonds is 8. The van der Waals surface area contributed by atoms with Crippen LogP contribution in [-0.2, 0) is 4.74 Å². The van der Waals surface area contributed by atoms with Gasteiger partial charge in [-0.15, -0.1) is 0 Å². The predicted octanol–water partition coefficient (Wildman–Crippen LogP) is 2.84. The van der Waals surface area contributed by atoms with Crippen LogP contribution in [0.15, 0.2) is 61.0 Å². The molecule has 6 heteroatoms. The number of allylic oxidation sites excluding steroid dienone is 3. The van der Waals surface area contributed by atoms with E-state index >= 15 is 0 Å². The maximum atomic E-state index is 12.5. The first-order chi connectivity index (χ1) is 12.1. The number of esters is 1. The zero-order valence-corrected chi connectivity index (χ0v) is 14.6. The smallest absolute Gasteiger partial charge is 0.357 e. The Morgan fingerprint density at radius 1 is 1.40 bits per heavy atom. The van der Waals surface area contributed by atoms with Crippen molar-refractivity contribution in [3.8, 4) is 0 Å². The molecular formula is C19H24N4O2. The topological polar surface area (TPSA) is 83.4 Å². The fourth-order valence-corrected chi connectivity index (χ4v) is 2.33. The zero-order chi connectivity index (χ0) is 18.2. The van der Waals surface area contributed by atoms with E-state index in [1.165, 1.54) is 6.20 Å². The first kappa shape index (κ1) is 18.4. The second kappa shape index (κ2) is 8.75. The molecule has 6 nitrogen and oxygen atoms in total. The number of benzene rings is 1. The number of H-pyrrole nitrogens is 1. The van der Waals surface area contributed by atoms with Crippen molar-refractivity contribution < 1.29 is 9.53 Å². The van der Waals surface area contributed by atoms with Crippen molar-refractivity contribution in [2.75, 3.05) is 32.6 Å². The molecule has 25 heavy (non-hydrogen) atoms. The Hall–Kier alpha value is -2.99. The van der Waals surface area contributed by atoms with Gasteiger partial charge in [0.15, 0.2) is 0 Å². The van der Waals surface area contributed by atoms with Gasteiger partial charge in [0.05, 0.1) is 5.69 Å². The van der Waals surface area contributed by atoms with Crippen LogP contribution in [0.5, 0.6) is 0 Å². The number of aromatic nitrogens is 1. The van der Waals surface area contributed by atoms with Gasteiger partial charge in [-0.3, -0.25) is 0 Å². The van der Waals surface area contributed by atoms with Gasteiger partial charge in [-0.2, -0.15) is 0 Å². The van der Waals surface area contributed by atoms with E-state index in [9.17, 15) is 4.79 Å². The van der Waals surface area contributed by atoms with Gasteiger partial charge in [-0.25, -0.2) is 4.79 Å². The number of likely N-dealkylation sites (N-methyl/N-ethyl adjacent to an activating group) is 1. The van der Waals surface area contributed by atoms with Crippen LogP contribution < -0.4 is 11.1 Å². The number of carbonyl (C=O) groups is 1. The number of fused-ring (bicyclic) bond motifs is 1. The summed E-state index contributed by atoms with van der Waals surface area (Å²) in [5.74, 6) is -0.407. The molecule has 1 aromatic heterocycles. The Labute approximate surface area is 147 Å². The molecule has 2 rings (SSSR count). The average Bonchev–Trinajstić information content (AvgIpc) is 2.94. The maximum absolute atomic E-state index is 12.5. The number of nitrogens with zero attached hydrogens (tertiary/aromatic N) is 1. The van der Waals surface area contributed by atoms with Crippen molar-refractivity contribution in [2.24, 2.45) is 5.73 Å². The van der Waals surface area contributed by atoms with Gasteiger partial charge in [0.2, 0.25) is 0 Å². The summed E-state index contributed by atoms with van der Waals surface area (Å²) in [7, 11) is 3.85. The van der Waals surface area contributed by atoms with Crippen LogP contribution in [0.4, 0.5) is 5.69 Å². The van der Waals surface area contributed by atoms with E-state index in [0.717, 1.165) is 10.9 Å². The first-order valence-corrected chi connectivity index (χ1v) is 7.97. The minimum Gasteiger partial charge on any atom is -0.460 e. The highest BCUT2D eigenvalue weighted by Gasteiger charge is 2.19. The van der Waals surface area contributed by atoms with Crippen LogP contribution in [0.1, 0.15) is 10.5 Å². The van der Waals surface area contributed by atoms with Gasteiger partial charge in [-0.05, 0) is 38.5 Å². The monoisotopic (exact) mass is 340 g/mol. The summed E-state index contributed by atoms with van der Waals surface area (Å²) in [5, 5.41) is 4.12. The van der Waals surface area contributed by atoms with Crippen molar-refractivity contribution >= 4 is 22.6 Å². The standard InChI is InChI=1S/C19H24N4O2/c1-4-7-14(10-11-20)21-17-15-8-5-6-9-16(15)22-18(17)19(24)25-13-12-23(2)3/h4-11,21-22H,1,12-13,20H2,2-3H3/b11-10-,14-7+. The quantitative estimate of drug-likeness (QED) is 0.508. The molecule has 1 heterocycles. The number of nitrogens with two attached hydrogens (primary N) is 1. The molecule has 132 valence electrons. The largest absolute Gasteiger partial charge is 0.460 e. The number of ether oxygens (including phenoxy) is 1. The Morgan fingerprint density at radius 3 is 2.84 bits per heavy atom. The molecule has 0 aliphatic rings. The highest BCUT2D eigenvalue weighted by Crippen LogP contribution is 2.29. The number of aromatic amines is 1. The molecule has 0 radical (unpaired) electrons. The fraction of sp³-hybridized carbons (Fsp3) is 0.211. The lowest BCUT2D eigenvalue weighted by molar-refractivity contribution is 0.0477. The number of hydrogen-bond donors (Lipinski definition) is 3. The van der Waals surface area contributed by atoms with Gasteiger partial charge < -0.3 is 25.7 Å². The van der Waals surface area contributed by atoms with Gasteiger partial charge >= 0.3 is 5.97 Å². The van der Waals surface area contributed by atoms with E-state index in [1.54, 1.807) is 18.2 Å². The molecule has 0 atom stereocenters. The van der Waals surface area contributed by atoms with Gasteiger partial charge in [0.1, 0.15) is 12.3 Å². The molecule has 0 saturated carbocycles. The molecular weight excluding hydrogens is 316 g/mol. The number of hydrogen-bond acceptors (Lipinski definition) is 5. The van der Waals surface area contributed by atoms with E-state index in [0.29, 0.717) is 30.2 Å². The molecule has 0 unspecified atom stereocenters. The first-order valence-electron chi connectivity index (χ1n) is 7.97. The Balaban J connectivity index is 2.37. The van der Waals surface area contributed by atoms with E-state index in [1.807, 2.05) is 43.3 Å². The Morgan fingerprint density at radius 2 is 2.16 bits per heavy atom. The van der Waals surface area contributed by atoms with Crippen LogP contribution in [-0.4, -0.2) is 43.1 Å². The van der Waals surface area contributed by atoms with E-state index in [2.05, 4.69) is 16.9 Å². The number of anilines is 1. The third-order valence-corrected chi connectivity index (χ3v) is 3.52. The zero-order valence-electron chi connectivity index (χ0n) is 14.6. The molecule has 0 amide bonds. The summed E-state index contributed by atoms with van der Waals surface area (Å²) in [4.78, 5) is 17.6. The highest BCUT2D eigenvalue weighted by molar-refractivity contribution is 6.06. The Bertz CT molecular complexity index is 803. The van der Waals surface area contributed by atoms with E-state index < -0.39 is 5.97 Å². The molecule has 0 aliphatic heterocycles. The van der Waals surface area contributed by atoms with Crippen LogP contribution >= 0.6 is 0 Å². The normalized spacial score (nSPS) is 12.0. The minimum absolute atomic E-state index is 0.318. The molecule has 0 fully saturated rings. The van der Waals surface area contributed by atoms with Gasteiger partial charge in [-0.1, -0.05) is 30.9 Å². The molecule has 0 aliphatic carbocycles. The van der Waals surface area contributed by atoms with E-state index in [4.69, 9.17) is 10.5 Å². The number of carbonyl (C=O) groups excluding carboxylic acids is 1. The summed E-state index contributed by atoms with van der Waals surface area (Å²) < 4.78 is 5.38. The van der Waals surface area contributed by atoms with Crippen molar-refractivity contribution in [1.29, 1.82) is 0 Å². The van der Waals surface area contributed by atoms with Crippen LogP contribution in [0.25, 0.3) is 10.9 Å². The van der Waals surface area contributed by atoms with Crippen molar-refractivity contribution in [2.45, 2.75) is 0 Å². The minimum atomic E-state index is -0.407. The Kier molecular flexibility index (Phi) is 6.42. The lowest BCUT2D eigenvalue weighted by Crippen LogP contribution is -2.20. The van der Waals surface area contributed by atoms with Gasteiger partial charge in [0, 0.05) is 23.1 Å². The summed E-state index contributed by atoms with van der Waals surface area (Å²) in [5.41, 5.74) is 8.08. The second-order valence-corrected chi connectivity index (χ2v) is 5.70. The third kappa shape index (κ3) is 4.74. The summed E-state index contributed by atoms with van der Waals surface area (Å²) in [6.07, 6.45) is 6.54. The molecule has 0 bridgehead atoms. The maximum Gasteiger partial charge on any atom is 0.357 e. The van der Waals surface area contributed by atoms with Crippen LogP contribution in [0, 0.1) is 0 Å². The van der Waals surface area contributed by atoms with Crippen molar-refractivity contribution in [1.82, 2.24) is 9.88 Å². The summed E-state index contributed by atoms with van der Waals surface area (Å²) in [6.45, 7) is 4.67. The predicted molar refractivity (Wildman–Crippen MR) is 102 cm³/mol. The second-order valence-electron chi connectivity index (χ2n) is 5.70. The number of para-hydroxylation sites is 1. The lowest BCUT2D eigenvalue weighted by Gasteiger charge is -2.11. The fourth-order valence-electron chi connectivity index (χ4n) is 2.33. The average molecular weight is 340 g/mol. The van der Waals surface area contributed by atoms with Gasteiger partial charge in [0.25, 0.3) is 0 Å². The van der Waals surface area contributed by atoms with Crippen LogP contribution in [0.2, 0.25) is 0 Å². The molecule has 2 aromatic rings. The highest BCUT2D eigenvalue weighted by atomic mass is 16.5. The molecule has 4 N–H and O–H groups in total. The van der Waals surface area contributed by atoms with Crippen molar-refractivity contribution in [3.05, 3.63) is 66.7 Å². The van der Waals surface area contributed by atoms with E-state index in [-0.39, 0.29) is 0 Å².